The lowest BCUT2D eigenvalue weighted by atomic mass is 9.66. The van der Waals surface area contributed by atoms with Gasteiger partial charge in [0.05, 0.1) is 18.7 Å². The molecular weight excluding hydrogens is 398 g/mol. The van der Waals surface area contributed by atoms with Gasteiger partial charge >= 0.3 is 5.97 Å². The maximum absolute atomic E-state index is 13.0. The van der Waals surface area contributed by atoms with Crippen LogP contribution in [-0.4, -0.2) is 79.7 Å². The predicted octanol–water partition coefficient (Wildman–Crippen LogP) is -0.909. The molecular formula is C18H25N5O7. The molecule has 164 valence electrons. The number of piperidine rings is 1. The Labute approximate surface area is 172 Å². The molecule has 12 heteroatoms. The van der Waals surface area contributed by atoms with Crippen LogP contribution in [-0.2, 0) is 14.4 Å². The number of rotatable bonds is 10. The molecule has 2 amide bonds. The average molecular weight is 423 g/mol. The molecule has 3 aliphatic rings. The van der Waals surface area contributed by atoms with Gasteiger partial charge in [0.2, 0.25) is 11.8 Å². The highest BCUT2D eigenvalue weighted by Crippen LogP contribution is 2.49. The van der Waals surface area contributed by atoms with Crippen LogP contribution in [0.25, 0.3) is 10.4 Å². The van der Waals surface area contributed by atoms with Crippen LogP contribution < -0.4 is 5.32 Å². The molecule has 0 spiro atoms. The summed E-state index contributed by atoms with van der Waals surface area (Å²) < 4.78 is 0. The van der Waals surface area contributed by atoms with Crippen molar-refractivity contribution in [3.8, 4) is 12.3 Å². The first-order chi connectivity index (χ1) is 14.2. The molecule has 2 saturated heterocycles. The summed E-state index contributed by atoms with van der Waals surface area (Å²) in [5.41, 5.74) is 6.41. The Bertz CT molecular complexity index is 777. The summed E-state index contributed by atoms with van der Waals surface area (Å²) in [6, 6.07) is -2.43. The molecule has 2 bridgehead atoms. The molecule has 2 heterocycles. The zero-order chi connectivity index (χ0) is 22.5. The number of nitrogens with one attached hydrogen (secondary N) is 1. The number of hydrogen-bond acceptors (Lipinski definition) is 7. The lowest BCUT2D eigenvalue weighted by Gasteiger charge is -2.64. The van der Waals surface area contributed by atoms with Crippen molar-refractivity contribution in [2.45, 2.75) is 68.5 Å². The summed E-state index contributed by atoms with van der Waals surface area (Å²) in [5, 5.41) is 45.8. The molecule has 3 rings (SSSR count). The number of amides is 2. The number of aliphatic hydroxyl groups excluding tert-OH is 2. The van der Waals surface area contributed by atoms with Gasteiger partial charge in [-0.05, 0) is 18.4 Å². The van der Waals surface area contributed by atoms with Gasteiger partial charge in [0, 0.05) is 24.2 Å². The number of fused-ring (bicyclic) bond motifs is 2. The minimum absolute atomic E-state index is 0.0946. The van der Waals surface area contributed by atoms with Crippen molar-refractivity contribution in [2.75, 3.05) is 6.54 Å². The Balaban J connectivity index is 2.11. The molecule has 2 aliphatic heterocycles. The minimum Gasteiger partial charge on any atom is -0.481 e. The van der Waals surface area contributed by atoms with Gasteiger partial charge in [-0.25, -0.2) is 0 Å². The van der Waals surface area contributed by atoms with E-state index in [1.807, 2.05) is 0 Å². The van der Waals surface area contributed by atoms with E-state index >= 15 is 0 Å². The summed E-state index contributed by atoms with van der Waals surface area (Å²) >= 11 is 0. The highest BCUT2D eigenvalue weighted by atomic mass is 16.4. The Hall–Kier alpha value is -2.84. The SMILES string of the molecule is C#CCCCCCC(=O)NC(CN=[N+]=[N-])C(=O)N1C2CC1(O)[C@@H](O)[C@H](O)[C@H]2C(=O)O. The number of carboxylic acid groups (broad SMARTS) is 1. The van der Waals surface area contributed by atoms with E-state index in [1.165, 1.54) is 0 Å². The van der Waals surface area contributed by atoms with E-state index < -0.39 is 60.3 Å². The third kappa shape index (κ3) is 4.49. The van der Waals surface area contributed by atoms with Crippen LogP contribution in [0.3, 0.4) is 0 Å². The Morgan fingerprint density at radius 3 is 2.63 bits per heavy atom. The van der Waals surface area contributed by atoms with Gasteiger partial charge in [-0.2, -0.15) is 0 Å². The smallest absolute Gasteiger partial charge is 0.311 e. The number of aliphatic hydroxyl groups is 3. The fraction of sp³-hybridized carbons (Fsp3) is 0.722. The first-order valence-corrected chi connectivity index (χ1v) is 9.57. The van der Waals surface area contributed by atoms with Crippen LogP contribution in [0.1, 0.15) is 38.5 Å². The Kier molecular flexibility index (Phi) is 7.64. The molecule has 3 fully saturated rings. The van der Waals surface area contributed by atoms with Gasteiger partial charge in [-0.15, -0.1) is 12.3 Å². The number of carbonyl (C=O) groups is 3. The van der Waals surface area contributed by atoms with Crippen LogP contribution in [0.5, 0.6) is 0 Å². The van der Waals surface area contributed by atoms with Crippen LogP contribution in [0, 0.1) is 18.3 Å². The summed E-state index contributed by atoms with van der Waals surface area (Å²) in [4.78, 5) is 40.0. The van der Waals surface area contributed by atoms with Crippen molar-refractivity contribution in [3.05, 3.63) is 10.4 Å². The second kappa shape index (κ2) is 9.77. The second-order valence-corrected chi connectivity index (χ2v) is 7.46. The lowest BCUT2D eigenvalue weighted by Crippen LogP contribution is -2.84. The lowest BCUT2D eigenvalue weighted by molar-refractivity contribution is -0.320. The standard InChI is InChI=1S/C18H25N5O7/c1-2-3-4-5-6-7-12(24)21-10(9-20-22-19)16(27)23-11-8-18(23,30)15(26)14(25)13(11)17(28)29/h1,10-11,13-15,25-26,30H,3-9H2,(H,21,24)(H,28,29)/t10?,11?,13-,14+,15-,18?/m0/s1. The molecule has 3 unspecified atom stereocenters. The van der Waals surface area contributed by atoms with E-state index in [1.54, 1.807) is 0 Å². The number of terminal acetylenes is 1. The van der Waals surface area contributed by atoms with Crippen LogP contribution in [0.2, 0.25) is 0 Å². The van der Waals surface area contributed by atoms with Gasteiger partial charge in [0.15, 0.2) is 5.72 Å². The second-order valence-electron chi connectivity index (χ2n) is 7.46. The van der Waals surface area contributed by atoms with Gasteiger partial charge in [0.1, 0.15) is 18.1 Å². The van der Waals surface area contributed by atoms with Crippen molar-refractivity contribution in [3.63, 3.8) is 0 Å². The number of azide groups is 1. The van der Waals surface area contributed by atoms with Crippen LogP contribution in [0.4, 0.5) is 0 Å². The zero-order valence-corrected chi connectivity index (χ0v) is 16.2. The summed E-state index contributed by atoms with van der Waals surface area (Å²) in [5.74, 6) is -1.85. The van der Waals surface area contributed by atoms with Gasteiger partial charge in [-0.3, -0.25) is 14.4 Å². The van der Waals surface area contributed by atoms with E-state index in [0.717, 1.165) is 11.3 Å². The fourth-order valence-corrected chi connectivity index (χ4v) is 4.01. The Morgan fingerprint density at radius 1 is 1.33 bits per heavy atom. The molecule has 1 aliphatic carbocycles. The normalized spacial score (nSPS) is 30.3. The highest BCUT2D eigenvalue weighted by molar-refractivity contribution is 5.90. The van der Waals surface area contributed by atoms with Crippen molar-refractivity contribution >= 4 is 17.8 Å². The van der Waals surface area contributed by atoms with E-state index in [9.17, 15) is 34.8 Å². The molecule has 5 N–H and O–H groups in total. The van der Waals surface area contributed by atoms with Crippen molar-refractivity contribution in [1.82, 2.24) is 10.2 Å². The first kappa shape index (κ1) is 23.4. The van der Waals surface area contributed by atoms with Gasteiger partial charge < -0.3 is 30.6 Å². The van der Waals surface area contributed by atoms with E-state index in [4.69, 9.17) is 12.0 Å². The van der Waals surface area contributed by atoms with E-state index in [0.29, 0.717) is 19.3 Å². The molecule has 0 aromatic heterocycles. The molecule has 0 aromatic carbocycles. The maximum atomic E-state index is 13.0. The molecule has 30 heavy (non-hydrogen) atoms. The van der Waals surface area contributed by atoms with Crippen LogP contribution in [0.15, 0.2) is 5.11 Å². The number of carbonyl (C=O) groups excluding carboxylic acids is 2. The number of unbranched alkanes of at least 4 members (excludes halogenated alkanes) is 3. The summed E-state index contributed by atoms with van der Waals surface area (Å²) in [6.45, 7) is -0.464. The third-order valence-corrected chi connectivity index (χ3v) is 5.55. The number of hydrogen-bond donors (Lipinski definition) is 5. The molecule has 1 saturated carbocycles. The number of carboxylic acids is 1. The molecule has 0 radical (unpaired) electrons. The van der Waals surface area contributed by atoms with Crippen LogP contribution >= 0.6 is 0 Å². The van der Waals surface area contributed by atoms with Crippen molar-refractivity contribution < 1.29 is 34.8 Å². The highest BCUT2D eigenvalue weighted by Gasteiger charge is 2.69. The largest absolute Gasteiger partial charge is 0.481 e. The van der Waals surface area contributed by atoms with Crippen molar-refractivity contribution in [1.29, 1.82) is 0 Å². The first-order valence-electron chi connectivity index (χ1n) is 9.57. The van der Waals surface area contributed by atoms with Gasteiger partial charge in [0.25, 0.3) is 0 Å². The van der Waals surface area contributed by atoms with Crippen molar-refractivity contribution in [2.24, 2.45) is 11.0 Å². The predicted molar refractivity (Wildman–Crippen MR) is 101 cm³/mol. The number of nitrogens with zero attached hydrogens (tertiary/aromatic N) is 4. The topological polar surface area (TPSA) is 196 Å². The molecule has 6 atom stereocenters. The zero-order valence-electron chi connectivity index (χ0n) is 16.2. The molecule has 0 aromatic rings. The maximum Gasteiger partial charge on any atom is 0.311 e. The average Bonchev–Trinajstić information content (AvgIpc) is 2.67. The quantitative estimate of drug-likeness (QED) is 0.0985. The van der Waals surface area contributed by atoms with E-state index in [2.05, 4.69) is 21.3 Å². The number of aliphatic carboxylic acids is 1. The third-order valence-electron chi connectivity index (χ3n) is 5.55. The van der Waals surface area contributed by atoms with Gasteiger partial charge in [-0.1, -0.05) is 11.5 Å². The fourth-order valence-electron chi connectivity index (χ4n) is 4.01. The summed E-state index contributed by atoms with van der Waals surface area (Å²) in [7, 11) is 0. The Morgan fingerprint density at radius 2 is 2.03 bits per heavy atom. The molecule has 12 nitrogen and oxygen atoms in total. The van der Waals surface area contributed by atoms with E-state index in [-0.39, 0.29) is 12.8 Å². The summed E-state index contributed by atoms with van der Waals surface area (Å²) in [6.07, 6.45) is 3.93. The minimum atomic E-state index is -2.17. The monoisotopic (exact) mass is 423 g/mol.